The van der Waals surface area contributed by atoms with Crippen molar-refractivity contribution in [1.29, 1.82) is 0 Å². The Labute approximate surface area is 139 Å². The van der Waals surface area contributed by atoms with E-state index < -0.39 is 17.9 Å². The minimum absolute atomic E-state index is 0.162. The van der Waals surface area contributed by atoms with Gasteiger partial charge in [0, 0.05) is 23.2 Å². The number of halogens is 1. The molecule has 4 nitrogen and oxygen atoms in total. The molecule has 1 amide bonds. The summed E-state index contributed by atoms with van der Waals surface area (Å²) in [7, 11) is 0. The van der Waals surface area contributed by atoms with E-state index in [0.29, 0.717) is 16.1 Å². The predicted molar refractivity (Wildman–Crippen MR) is 87.6 cm³/mol. The molecule has 1 heterocycles. The van der Waals surface area contributed by atoms with Crippen molar-refractivity contribution in [1.82, 2.24) is 4.90 Å². The summed E-state index contributed by atoms with van der Waals surface area (Å²) in [6.07, 6.45) is 0. The molecule has 1 aliphatic rings. The standard InChI is InChI=1S/C18H16ClNO3/c1-11-16(18(22)23)13-7-3-4-8-14(13)17(21)20(11)10-12-6-2-5-9-15(12)19/h2-9,11,16H,10H2,1H3,(H,22,23). The fraction of sp³-hybridized carbons (Fsp3) is 0.222. The molecule has 0 fully saturated rings. The number of nitrogens with zero attached hydrogens (tertiary/aromatic N) is 1. The zero-order valence-corrected chi connectivity index (χ0v) is 13.3. The number of fused-ring (bicyclic) bond motifs is 1. The van der Waals surface area contributed by atoms with E-state index in [-0.39, 0.29) is 12.5 Å². The smallest absolute Gasteiger partial charge is 0.313 e. The van der Waals surface area contributed by atoms with Gasteiger partial charge in [-0.05, 0) is 30.2 Å². The maximum Gasteiger partial charge on any atom is 0.313 e. The predicted octanol–water partition coefficient (Wildman–Crippen LogP) is 3.55. The van der Waals surface area contributed by atoms with Gasteiger partial charge in [-0.3, -0.25) is 9.59 Å². The van der Waals surface area contributed by atoms with E-state index in [4.69, 9.17) is 11.6 Å². The van der Waals surface area contributed by atoms with Crippen molar-refractivity contribution in [2.45, 2.75) is 25.4 Å². The largest absolute Gasteiger partial charge is 0.481 e. The topological polar surface area (TPSA) is 57.6 Å². The summed E-state index contributed by atoms with van der Waals surface area (Å²) >= 11 is 6.18. The SMILES string of the molecule is CC1C(C(=O)O)c2ccccc2C(=O)N1Cc1ccccc1Cl. The van der Waals surface area contributed by atoms with Crippen LogP contribution in [0.15, 0.2) is 48.5 Å². The molecule has 2 unspecified atom stereocenters. The molecule has 0 radical (unpaired) electrons. The van der Waals surface area contributed by atoms with Gasteiger partial charge in [0.25, 0.3) is 5.91 Å². The van der Waals surface area contributed by atoms with Crippen LogP contribution >= 0.6 is 11.6 Å². The first-order valence-corrected chi connectivity index (χ1v) is 7.74. The van der Waals surface area contributed by atoms with Crippen molar-refractivity contribution in [3.63, 3.8) is 0 Å². The van der Waals surface area contributed by atoms with Crippen molar-refractivity contribution in [3.05, 3.63) is 70.2 Å². The molecule has 2 aromatic carbocycles. The maximum absolute atomic E-state index is 12.8. The normalized spacial score (nSPS) is 20.3. The summed E-state index contributed by atoms with van der Waals surface area (Å²) in [5, 5.41) is 10.2. The van der Waals surface area contributed by atoms with Crippen molar-refractivity contribution in [2.75, 3.05) is 0 Å². The van der Waals surface area contributed by atoms with Gasteiger partial charge in [0.05, 0.1) is 0 Å². The molecule has 0 saturated carbocycles. The average Bonchev–Trinajstić information content (AvgIpc) is 2.53. The molecule has 3 rings (SSSR count). The third-order valence-electron chi connectivity index (χ3n) is 4.33. The molecule has 0 saturated heterocycles. The number of hydrogen-bond donors (Lipinski definition) is 1. The molecule has 0 spiro atoms. The van der Waals surface area contributed by atoms with Crippen molar-refractivity contribution >= 4 is 23.5 Å². The van der Waals surface area contributed by atoms with Crippen LogP contribution in [0.5, 0.6) is 0 Å². The summed E-state index contributed by atoms with van der Waals surface area (Å²) < 4.78 is 0. The first-order chi connectivity index (χ1) is 11.0. The van der Waals surface area contributed by atoms with E-state index >= 15 is 0 Å². The molecule has 2 aromatic rings. The monoisotopic (exact) mass is 329 g/mol. The highest BCUT2D eigenvalue weighted by Crippen LogP contribution is 2.35. The molecule has 0 aliphatic carbocycles. The lowest BCUT2D eigenvalue weighted by Crippen LogP contribution is -2.48. The van der Waals surface area contributed by atoms with Crippen LogP contribution < -0.4 is 0 Å². The minimum Gasteiger partial charge on any atom is -0.481 e. The Balaban J connectivity index is 2.04. The fourth-order valence-electron chi connectivity index (χ4n) is 3.11. The van der Waals surface area contributed by atoms with E-state index in [2.05, 4.69) is 0 Å². The van der Waals surface area contributed by atoms with Crippen LogP contribution in [0.2, 0.25) is 5.02 Å². The molecule has 1 N–H and O–H groups in total. The van der Waals surface area contributed by atoms with Gasteiger partial charge in [0.2, 0.25) is 0 Å². The Morgan fingerprint density at radius 3 is 2.52 bits per heavy atom. The van der Waals surface area contributed by atoms with Crippen molar-refractivity contribution < 1.29 is 14.7 Å². The van der Waals surface area contributed by atoms with Crippen LogP contribution in [0, 0.1) is 0 Å². The number of carbonyl (C=O) groups is 2. The maximum atomic E-state index is 12.8. The van der Waals surface area contributed by atoms with Crippen LogP contribution in [0.4, 0.5) is 0 Å². The van der Waals surface area contributed by atoms with Gasteiger partial charge < -0.3 is 10.0 Å². The Morgan fingerprint density at radius 1 is 1.17 bits per heavy atom. The van der Waals surface area contributed by atoms with Crippen LogP contribution in [0.25, 0.3) is 0 Å². The first-order valence-electron chi connectivity index (χ1n) is 7.37. The number of aliphatic carboxylic acids is 1. The molecule has 1 aliphatic heterocycles. The summed E-state index contributed by atoms with van der Waals surface area (Å²) in [6.45, 7) is 2.06. The number of amides is 1. The van der Waals surface area contributed by atoms with E-state index in [0.717, 1.165) is 5.56 Å². The quantitative estimate of drug-likeness (QED) is 0.936. The zero-order chi connectivity index (χ0) is 16.6. The number of carboxylic acids is 1. The van der Waals surface area contributed by atoms with Gasteiger partial charge in [-0.15, -0.1) is 0 Å². The summed E-state index contributed by atoms with van der Waals surface area (Å²) in [5.41, 5.74) is 1.83. The minimum atomic E-state index is -0.929. The number of rotatable bonds is 3. The number of hydrogen-bond acceptors (Lipinski definition) is 2. The second-order valence-electron chi connectivity index (χ2n) is 5.67. The van der Waals surface area contributed by atoms with Crippen molar-refractivity contribution in [2.24, 2.45) is 0 Å². The van der Waals surface area contributed by atoms with Crippen LogP contribution in [0.3, 0.4) is 0 Å². The molecule has 2 atom stereocenters. The van der Waals surface area contributed by atoms with Crippen LogP contribution in [-0.4, -0.2) is 27.9 Å². The van der Waals surface area contributed by atoms with E-state index in [1.54, 1.807) is 42.2 Å². The highest BCUT2D eigenvalue weighted by Gasteiger charge is 2.40. The van der Waals surface area contributed by atoms with Gasteiger partial charge in [-0.2, -0.15) is 0 Å². The Bertz CT molecular complexity index is 774. The molecule has 23 heavy (non-hydrogen) atoms. The number of carbonyl (C=O) groups excluding carboxylic acids is 1. The van der Waals surface area contributed by atoms with E-state index in [9.17, 15) is 14.7 Å². The Morgan fingerprint density at radius 2 is 1.83 bits per heavy atom. The number of carboxylic acid groups (broad SMARTS) is 1. The lowest BCUT2D eigenvalue weighted by molar-refractivity contribution is -0.140. The van der Waals surface area contributed by atoms with Crippen LogP contribution in [-0.2, 0) is 11.3 Å². The van der Waals surface area contributed by atoms with Gasteiger partial charge in [0.15, 0.2) is 0 Å². The summed E-state index contributed by atoms with van der Waals surface area (Å²) in [6, 6.07) is 13.7. The summed E-state index contributed by atoms with van der Waals surface area (Å²) in [5.74, 6) is -1.83. The molecule has 118 valence electrons. The molecular weight excluding hydrogens is 314 g/mol. The Kier molecular flexibility index (Phi) is 4.09. The lowest BCUT2D eigenvalue weighted by atomic mass is 9.83. The molecule has 0 aromatic heterocycles. The molecular formula is C18H16ClNO3. The second-order valence-corrected chi connectivity index (χ2v) is 6.08. The first kappa shape index (κ1) is 15.6. The van der Waals surface area contributed by atoms with E-state index in [1.165, 1.54) is 0 Å². The lowest BCUT2D eigenvalue weighted by Gasteiger charge is -2.38. The molecule has 5 heteroatoms. The van der Waals surface area contributed by atoms with Crippen LogP contribution in [0.1, 0.15) is 34.3 Å². The average molecular weight is 330 g/mol. The number of benzene rings is 2. The fourth-order valence-corrected chi connectivity index (χ4v) is 3.30. The Hall–Kier alpha value is -2.33. The highest BCUT2D eigenvalue weighted by atomic mass is 35.5. The zero-order valence-electron chi connectivity index (χ0n) is 12.6. The molecule has 0 bridgehead atoms. The van der Waals surface area contributed by atoms with Gasteiger partial charge in [0.1, 0.15) is 5.92 Å². The second kappa shape index (κ2) is 6.05. The third-order valence-corrected chi connectivity index (χ3v) is 4.69. The third kappa shape index (κ3) is 2.70. The van der Waals surface area contributed by atoms with Gasteiger partial charge in [-0.1, -0.05) is 48.0 Å². The highest BCUT2D eigenvalue weighted by molar-refractivity contribution is 6.31. The van der Waals surface area contributed by atoms with Gasteiger partial charge in [-0.25, -0.2) is 0 Å². The van der Waals surface area contributed by atoms with Gasteiger partial charge >= 0.3 is 5.97 Å². The van der Waals surface area contributed by atoms with E-state index in [1.807, 2.05) is 18.2 Å². The van der Waals surface area contributed by atoms with Crippen molar-refractivity contribution in [3.8, 4) is 0 Å². The summed E-state index contributed by atoms with van der Waals surface area (Å²) in [4.78, 5) is 26.1.